The van der Waals surface area contributed by atoms with Gasteiger partial charge < -0.3 is 11.1 Å². The molecule has 3 rings (SSSR count). The maximum absolute atomic E-state index is 12.1. The summed E-state index contributed by atoms with van der Waals surface area (Å²) in [5.74, 6) is -0.104. The number of nitrogens with two attached hydrogens (primary N) is 1. The highest BCUT2D eigenvalue weighted by Gasteiger charge is 2.32. The average Bonchev–Trinajstić information content (AvgIpc) is 2.77. The van der Waals surface area contributed by atoms with E-state index in [9.17, 15) is 4.79 Å². The summed E-state index contributed by atoms with van der Waals surface area (Å²) in [6, 6.07) is 5.65. The van der Waals surface area contributed by atoms with Crippen molar-refractivity contribution in [3.05, 3.63) is 36.2 Å². The van der Waals surface area contributed by atoms with Gasteiger partial charge >= 0.3 is 0 Å². The number of carbonyl (C=O) groups excluding carboxylic acids is 1. The van der Waals surface area contributed by atoms with Gasteiger partial charge in [-0.3, -0.25) is 4.79 Å². The van der Waals surface area contributed by atoms with Crippen LogP contribution in [0.2, 0.25) is 0 Å². The molecule has 1 aliphatic carbocycles. The zero-order valence-corrected chi connectivity index (χ0v) is 11.3. The topological polar surface area (TPSA) is 72.4 Å². The number of fused-ring (bicyclic) bond motifs is 1. The predicted octanol–water partition coefficient (Wildman–Crippen LogP) is 1.37. The van der Waals surface area contributed by atoms with Crippen LogP contribution in [0.25, 0.3) is 5.52 Å². The number of amides is 1. The Morgan fingerprint density at radius 2 is 2.26 bits per heavy atom. The van der Waals surface area contributed by atoms with Crippen molar-refractivity contribution in [2.24, 2.45) is 5.73 Å². The molecule has 1 amide bonds. The largest absolute Gasteiger partial charge is 0.350 e. The van der Waals surface area contributed by atoms with E-state index in [1.807, 2.05) is 24.4 Å². The van der Waals surface area contributed by atoms with E-state index in [-0.39, 0.29) is 23.9 Å². The zero-order chi connectivity index (χ0) is 12.6. The molecule has 19 heavy (non-hydrogen) atoms. The molecule has 0 aromatic carbocycles. The Hall–Kier alpha value is -1.59. The fourth-order valence-electron chi connectivity index (χ4n) is 2.27. The summed E-state index contributed by atoms with van der Waals surface area (Å²) in [7, 11) is 0. The molecule has 1 aliphatic rings. The van der Waals surface area contributed by atoms with Crippen LogP contribution < -0.4 is 11.1 Å². The second-order valence-corrected chi connectivity index (χ2v) is 4.99. The summed E-state index contributed by atoms with van der Waals surface area (Å²) in [5.41, 5.74) is 7.30. The average molecular weight is 281 g/mol. The van der Waals surface area contributed by atoms with Crippen LogP contribution in [-0.4, -0.2) is 27.6 Å². The summed E-state index contributed by atoms with van der Waals surface area (Å²) < 4.78 is 1.69. The summed E-state index contributed by atoms with van der Waals surface area (Å²) in [4.78, 5) is 12.1. The molecule has 0 unspecified atom stereocenters. The normalized spacial score (nSPS) is 16.5. The maximum atomic E-state index is 12.1. The van der Waals surface area contributed by atoms with Crippen molar-refractivity contribution in [1.29, 1.82) is 0 Å². The van der Waals surface area contributed by atoms with Crippen molar-refractivity contribution in [2.45, 2.75) is 24.8 Å². The van der Waals surface area contributed by atoms with E-state index >= 15 is 0 Å². The Morgan fingerprint density at radius 3 is 2.95 bits per heavy atom. The highest BCUT2D eigenvalue weighted by molar-refractivity contribution is 6.00. The second-order valence-electron chi connectivity index (χ2n) is 4.99. The molecule has 1 saturated carbocycles. The Balaban J connectivity index is 0.00000133. The molecule has 2 heterocycles. The second kappa shape index (κ2) is 5.19. The minimum absolute atomic E-state index is 0. The van der Waals surface area contributed by atoms with Crippen LogP contribution in [0.1, 0.15) is 29.6 Å². The zero-order valence-electron chi connectivity index (χ0n) is 10.5. The Morgan fingerprint density at radius 1 is 1.47 bits per heavy atom. The van der Waals surface area contributed by atoms with E-state index in [1.54, 1.807) is 10.7 Å². The molecule has 0 saturated heterocycles. The molecule has 0 atom stereocenters. The summed E-state index contributed by atoms with van der Waals surface area (Å²) in [6.07, 6.45) is 6.55. The first-order valence-corrected chi connectivity index (χ1v) is 6.17. The van der Waals surface area contributed by atoms with E-state index in [1.165, 1.54) is 0 Å². The van der Waals surface area contributed by atoms with Crippen molar-refractivity contribution < 1.29 is 4.79 Å². The molecule has 2 aromatic heterocycles. The molecule has 0 aliphatic heterocycles. The van der Waals surface area contributed by atoms with Gasteiger partial charge in [0.05, 0.1) is 17.3 Å². The molecule has 0 bridgehead atoms. The standard InChI is InChI=1S/C13H16N4O.ClH/c14-13(5-3-6-13)9-15-12(18)10-8-16-17-7-2-1-4-11(10)17;/h1-2,4,7-8H,3,5-6,9,14H2,(H,15,18);1H. The van der Waals surface area contributed by atoms with Gasteiger partial charge in [-0.1, -0.05) is 6.07 Å². The minimum atomic E-state index is -0.196. The van der Waals surface area contributed by atoms with Crippen molar-refractivity contribution >= 4 is 23.8 Å². The van der Waals surface area contributed by atoms with Gasteiger partial charge in [-0.2, -0.15) is 5.10 Å². The maximum Gasteiger partial charge on any atom is 0.255 e. The number of pyridine rings is 1. The number of rotatable bonds is 3. The molecule has 5 nitrogen and oxygen atoms in total. The highest BCUT2D eigenvalue weighted by atomic mass is 35.5. The van der Waals surface area contributed by atoms with E-state index in [0.717, 1.165) is 24.8 Å². The molecule has 2 aromatic rings. The van der Waals surface area contributed by atoms with Gasteiger partial charge in [0.2, 0.25) is 0 Å². The lowest BCUT2D eigenvalue weighted by Crippen LogP contribution is -2.54. The molecule has 1 fully saturated rings. The Kier molecular flexibility index (Phi) is 3.78. The molecule has 0 radical (unpaired) electrons. The molecule has 6 heteroatoms. The lowest BCUT2D eigenvalue weighted by molar-refractivity contribution is 0.0931. The smallest absolute Gasteiger partial charge is 0.255 e. The van der Waals surface area contributed by atoms with Crippen molar-refractivity contribution in [1.82, 2.24) is 14.9 Å². The van der Waals surface area contributed by atoms with E-state index in [0.29, 0.717) is 12.1 Å². The third-order valence-corrected chi connectivity index (χ3v) is 3.62. The number of carbonyl (C=O) groups is 1. The van der Waals surface area contributed by atoms with E-state index in [4.69, 9.17) is 5.73 Å². The van der Waals surface area contributed by atoms with Crippen LogP contribution in [-0.2, 0) is 0 Å². The lowest BCUT2D eigenvalue weighted by Gasteiger charge is -2.38. The van der Waals surface area contributed by atoms with E-state index in [2.05, 4.69) is 10.4 Å². The number of aromatic nitrogens is 2. The molecular weight excluding hydrogens is 264 g/mol. The number of nitrogens with one attached hydrogen (secondary N) is 1. The first kappa shape index (κ1) is 13.8. The van der Waals surface area contributed by atoms with Gasteiger partial charge in [-0.05, 0) is 31.4 Å². The number of halogens is 1. The van der Waals surface area contributed by atoms with Gasteiger partial charge in [0, 0.05) is 18.3 Å². The minimum Gasteiger partial charge on any atom is -0.350 e. The third-order valence-electron chi connectivity index (χ3n) is 3.62. The van der Waals surface area contributed by atoms with E-state index < -0.39 is 0 Å². The SMILES string of the molecule is Cl.NC1(CNC(=O)c2cnn3ccccc23)CCC1. The Labute approximate surface area is 117 Å². The lowest BCUT2D eigenvalue weighted by atomic mass is 9.78. The molecular formula is C13H17ClN4O. The predicted molar refractivity (Wildman–Crippen MR) is 75.5 cm³/mol. The van der Waals surface area contributed by atoms with Gasteiger partial charge in [0.25, 0.3) is 5.91 Å². The molecule has 3 N–H and O–H groups in total. The van der Waals surface area contributed by atoms with Crippen LogP contribution in [0.4, 0.5) is 0 Å². The van der Waals surface area contributed by atoms with Gasteiger partial charge in [0.15, 0.2) is 0 Å². The highest BCUT2D eigenvalue weighted by Crippen LogP contribution is 2.28. The number of hydrogen-bond donors (Lipinski definition) is 2. The van der Waals surface area contributed by atoms with Crippen molar-refractivity contribution in [3.63, 3.8) is 0 Å². The first-order valence-electron chi connectivity index (χ1n) is 6.17. The van der Waals surface area contributed by atoms with Crippen LogP contribution in [0.15, 0.2) is 30.6 Å². The summed E-state index contributed by atoms with van der Waals surface area (Å²) in [6.45, 7) is 0.538. The molecule has 102 valence electrons. The fourth-order valence-corrected chi connectivity index (χ4v) is 2.27. The third kappa shape index (κ3) is 2.57. The number of nitrogens with zero attached hydrogens (tertiary/aromatic N) is 2. The fraction of sp³-hybridized carbons (Fsp3) is 0.385. The number of hydrogen-bond acceptors (Lipinski definition) is 3. The first-order chi connectivity index (χ1) is 8.68. The van der Waals surface area contributed by atoms with Gasteiger partial charge in [-0.15, -0.1) is 12.4 Å². The monoisotopic (exact) mass is 280 g/mol. The Bertz CT molecular complexity index is 591. The van der Waals surface area contributed by atoms with Crippen LogP contribution >= 0.6 is 12.4 Å². The van der Waals surface area contributed by atoms with Crippen LogP contribution in [0.3, 0.4) is 0 Å². The van der Waals surface area contributed by atoms with Crippen LogP contribution in [0, 0.1) is 0 Å². The van der Waals surface area contributed by atoms with Crippen molar-refractivity contribution in [2.75, 3.05) is 6.54 Å². The van der Waals surface area contributed by atoms with Crippen molar-refractivity contribution in [3.8, 4) is 0 Å². The quantitative estimate of drug-likeness (QED) is 0.892. The van der Waals surface area contributed by atoms with Crippen LogP contribution in [0.5, 0.6) is 0 Å². The summed E-state index contributed by atoms with van der Waals surface area (Å²) >= 11 is 0. The molecule has 0 spiro atoms. The summed E-state index contributed by atoms with van der Waals surface area (Å²) in [5, 5.41) is 7.05. The van der Waals surface area contributed by atoms with Gasteiger partial charge in [0.1, 0.15) is 0 Å². The van der Waals surface area contributed by atoms with Gasteiger partial charge in [-0.25, -0.2) is 4.52 Å².